The molecule has 5 fully saturated rings. The third-order valence-electron chi connectivity index (χ3n) is 17.5. The molecule has 15 heteroatoms. The first-order valence-corrected chi connectivity index (χ1v) is 22.9. The number of ether oxygens (including phenoxy) is 3. The molecule has 0 aromatic carbocycles. The number of esters is 2. The number of methoxy groups -OCH3 is 1. The van der Waals surface area contributed by atoms with Crippen LogP contribution >= 0.6 is 0 Å². The van der Waals surface area contributed by atoms with Gasteiger partial charge in [0.2, 0.25) is 0 Å². The second-order valence-electron chi connectivity index (χ2n) is 21.6. The number of oxime groups is 1. The van der Waals surface area contributed by atoms with Gasteiger partial charge in [-0.05, 0) is 129 Å². The van der Waals surface area contributed by atoms with Crippen molar-refractivity contribution in [2.24, 2.45) is 60.5 Å². The van der Waals surface area contributed by atoms with Crippen molar-refractivity contribution in [2.45, 2.75) is 170 Å². The molecule has 4 saturated carbocycles. The van der Waals surface area contributed by atoms with Crippen LogP contribution in [0.2, 0.25) is 0 Å². The van der Waals surface area contributed by atoms with Crippen molar-refractivity contribution in [3.63, 3.8) is 0 Å². The van der Waals surface area contributed by atoms with E-state index in [2.05, 4.69) is 74.7 Å². The third kappa shape index (κ3) is 7.77. The number of hydrogen-bond donors (Lipinski definition) is 1. The SMILES string of the molecule is COC(=O)[C@]12CCC(C)(C)C[C@H]1C1=CC[C@@H]3[C@@]4(C)CC/C(=N/OC(=O)CCCCC(=O)OC[C@H]5O[C@@H](n6cc(C)c(=O)[nH]c6=O)C[C@@H]5N=[N+]=[N-])C(C)(C)[C@@H]4CC[C@@]3(C)[C@]1(C)CC2. The van der Waals surface area contributed by atoms with Gasteiger partial charge in [-0.3, -0.25) is 23.9 Å². The summed E-state index contributed by atoms with van der Waals surface area (Å²) in [5, 5.41) is 8.30. The lowest BCUT2D eigenvalue weighted by atomic mass is 9.33. The fourth-order valence-electron chi connectivity index (χ4n) is 13.7. The molecule has 62 heavy (non-hydrogen) atoms. The van der Waals surface area contributed by atoms with Crippen LogP contribution in [-0.4, -0.2) is 59.0 Å². The van der Waals surface area contributed by atoms with Gasteiger partial charge in [-0.1, -0.05) is 70.4 Å². The van der Waals surface area contributed by atoms with E-state index in [-0.39, 0.29) is 64.8 Å². The molecule has 340 valence electrons. The van der Waals surface area contributed by atoms with Crippen LogP contribution in [0.1, 0.15) is 157 Å². The van der Waals surface area contributed by atoms with Crippen molar-refractivity contribution in [2.75, 3.05) is 13.7 Å². The van der Waals surface area contributed by atoms with Crippen LogP contribution in [0.3, 0.4) is 0 Å². The molecule has 0 spiro atoms. The van der Waals surface area contributed by atoms with Gasteiger partial charge in [0.15, 0.2) is 0 Å². The Morgan fingerprint density at radius 2 is 1.68 bits per heavy atom. The third-order valence-corrected chi connectivity index (χ3v) is 17.5. The second-order valence-corrected chi connectivity index (χ2v) is 21.6. The molecule has 0 radical (unpaired) electrons. The van der Waals surface area contributed by atoms with Gasteiger partial charge in [0.1, 0.15) is 18.9 Å². The monoisotopic (exact) mass is 861 g/mol. The summed E-state index contributed by atoms with van der Waals surface area (Å²) in [5.41, 5.74) is 10.3. The quantitative estimate of drug-likeness (QED) is 0.0330. The fraction of sp³-hybridized carbons (Fsp3) is 0.787. The number of nitrogens with zero attached hydrogens (tertiary/aromatic N) is 5. The number of aromatic nitrogens is 2. The van der Waals surface area contributed by atoms with Gasteiger partial charge in [0.25, 0.3) is 5.56 Å². The van der Waals surface area contributed by atoms with Crippen LogP contribution in [-0.2, 0) is 33.4 Å². The zero-order chi connectivity index (χ0) is 45.0. The van der Waals surface area contributed by atoms with Crippen LogP contribution in [0, 0.1) is 57.2 Å². The zero-order valence-corrected chi connectivity index (χ0v) is 38.3. The van der Waals surface area contributed by atoms with E-state index in [9.17, 15) is 24.0 Å². The maximum absolute atomic E-state index is 13.6. The van der Waals surface area contributed by atoms with Crippen molar-refractivity contribution < 1.29 is 33.4 Å². The van der Waals surface area contributed by atoms with Crippen LogP contribution in [0.15, 0.2) is 37.7 Å². The Bertz CT molecular complexity index is 2190. The largest absolute Gasteiger partial charge is 0.469 e. The molecule has 7 rings (SSSR count). The van der Waals surface area contributed by atoms with Crippen LogP contribution < -0.4 is 11.2 Å². The second kappa shape index (κ2) is 16.7. The lowest BCUT2D eigenvalue weighted by Gasteiger charge is -2.70. The Labute approximate surface area is 364 Å². The molecule has 10 atom stereocenters. The van der Waals surface area contributed by atoms with E-state index in [1.165, 1.54) is 16.3 Å². The summed E-state index contributed by atoms with van der Waals surface area (Å²) in [6.45, 7) is 18.2. The smallest absolute Gasteiger partial charge is 0.335 e. The average Bonchev–Trinajstić information content (AvgIpc) is 3.61. The van der Waals surface area contributed by atoms with Gasteiger partial charge < -0.3 is 19.0 Å². The Balaban J connectivity index is 0.922. The zero-order valence-electron chi connectivity index (χ0n) is 38.3. The van der Waals surface area contributed by atoms with Crippen molar-refractivity contribution >= 4 is 23.6 Å². The van der Waals surface area contributed by atoms with Gasteiger partial charge >= 0.3 is 23.6 Å². The molecule has 0 unspecified atom stereocenters. The molecule has 1 N–H and O–H groups in total. The van der Waals surface area contributed by atoms with Gasteiger partial charge in [-0.2, -0.15) is 0 Å². The highest BCUT2D eigenvalue weighted by molar-refractivity contribution is 5.91. The number of fused-ring (bicyclic) bond motifs is 7. The maximum atomic E-state index is 13.6. The lowest BCUT2D eigenvalue weighted by Crippen LogP contribution is -2.64. The summed E-state index contributed by atoms with van der Waals surface area (Å²) >= 11 is 0. The Kier molecular flexibility index (Phi) is 12.3. The molecular formula is C47H68N6O9. The van der Waals surface area contributed by atoms with Crippen molar-refractivity contribution in [3.8, 4) is 0 Å². The summed E-state index contributed by atoms with van der Waals surface area (Å²) < 4.78 is 18.1. The highest BCUT2D eigenvalue weighted by Gasteiger charge is 2.69. The molecule has 15 nitrogen and oxygen atoms in total. The minimum atomic E-state index is -0.806. The Hall–Kier alpha value is -4.23. The fourth-order valence-corrected chi connectivity index (χ4v) is 13.7. The number of aryl methyl sites for hydroxylation is 1. The number of allylic oxidation sites excluding steroid dienone is 2. The first-order chi connectivity index (χ1) is 29.2. The number of unbranched alkanes of at least 4 members (excludes halogenated alkanes) is 1. The van der Waals surface area contributed by atoms with E-state index >= 15 is 0 Å². The number of rotatable bonds is 11. The van der Waals surface area contributed by atoms with E-state index in [1.807, 2.05) is 0 Å². The first kappa shape index (κ1) is 45.8. The molecule has 0 amide bonds. The average molecular weight is 861 g/mol. The van der Waals surface area contributed by atoms with E-state index in [0.29, 0.717) is 30.2 Å². The molecule has 1 aliphatic heterocycles. The molecule has 6 aliphatic rings. The van der Waals surface area contributed by atoms with Gasteiger partial charge in [-0.25, -0.2) is 9.59 Å². The van der Waals surface area contributed by atoms with E-state index in [4.69, 9.17) is 24.6 Å². The molecule has 1 aromatic heterocycles. The van der Waals surface area contributed by atoms with Crippen molar-refractivity contribution in [1.82, 2.24) is 9.55 Å². The number of carbonyl (C=O) groups excluding carboxylic acids is 3. The molecule has 1 saturated heterocycles. The number of carbonyl (C=O) groups is 3. The van der Waals surface area contributed by atoms with Gasteiger partial charge in [0.05, 0.1) is 24.3 Å². The first-order valence-electron chi connectivity index (χ1n) is 22.9. The summed E-state index contributed by atoms with van der Waals surface area (Å²) in [4.78, 5) is 74.0. The van der Waals surface area contributed by atoms with Crippen LogP contribution in [0.25, 0.3) is 10.4 Å². The van der Waals surface area contributed by atoms with Crippen LogP contribution in [0.5, 0.6) is 0 Å². The number of azide groups is 1. The predicted molar refractivity (Wildman–Crippen MR) is 232 cm³/mol. The number of nitrogens with one attached hydrogen (secondary N) is 1. The molecular weight excluding hydrogens is 793 g/mol. The number of aromatic amines is 1. The van der Waals surface area contributed by atoms with E-state index in [0.717, 1.165) is 69.9 Å². The summed E-state index contributed by atoms with van der Waals surface area (Å²) in [7, 11) is 1.56. The molecule has 0 bridgehead atoms. The standard InChI is InChI=1S/C47H68N6O9/c1-28-26-53(41(58)49-39(28)56)36-24-31(50-52-48)32(61-36)27-60-37(54)12-10-11-13-38(55)62-51-35-17-18-44(6)33(43(35,4)5)16-19-46(8)34(44)15-14-29-30-25-42(2,3)20-22-47(30,40(57)59-9)23-21-45(29,46)7/h14,26,30-34,36H,10-13,15-25,27H2,1-9H3,(H,49,56,58)/b51-35-/t30-,31-,32+,33-,34+,36+,44-,45+,46+,47-/m0/s1. The summed E-state index contributed by atoms with van der Waals surface area (Å²) in [5.74, 6) is 0.114. The van der Waals surface area contributed by atoms with E-state index in [1.54, 1.807) is 14.0 Å². The molecule has 1 aromatic rings. The number of H-pyrrole nitrogens is 1. The topological polar surface area (TPSA) is 204 Å². The van der Waals surface area contributed by atoms with Crippen molar-refractivity contribution in [1.29, 1.82) is 0 Å². The summed E-state index contributed by atoms with van der Waals surface area (Å²) in [6.07, 6.45) is 13.3. The van der Waals surface area contributed by atoms with E-state index < -0.39 is 47.0 Å². The van der Waals surface area contributed by atoms with Gasteiger partial charge in [0, 0.05) is 41.3 Å². The Morgan fingerprint density at radius 3 is 2.39 bits per heavy atom. The number of hydrogen-bond acceptors (Lipinski definition) is 11. The highest BCUT2D eigenvalue weighted by Crippen LogP contribution is 2.75. The normalized spacial score (nSPS) is 37.3. The van der Waals surface area contributed by atoms with Crippen LogP contribution in [0.4, 0.5) is 0 Å². The predicted octanol–water partition coefficient (Wildman–Crippen LogP) is 8.79. The van der Waals surface area contributed by atoms with Gasteiger partial charge in [-0.15, -0.1) is 0 Å². The lowest BCUT2D eigenvalue weighted by molar-refractivity contribution is -0.181. The Morgan fingerprint density at radius 1 is 0.968 bits per heavy atom. The minimum Gasteiger partial charge on any atom is -0.469 e. The highest BCUT2D eigenvalue weighted by atomic mass is 16.7. The maximum Gasteiger partial charge on any atom is 0.335 e. The van der Waals surface area contributed by atoms with Crippen molar-refractivity contribution in [3.05, 3.63) is 54.7 Å². The minimum absolute atomic E-state index is 0.00362. The molecule has 5 aliphatic carbocycles. The molecule has 2 heterocycles. The summed E-state index contributed by atoms with van der Waals surface area (Å²) in [6, 6.07) is -0.687.